The second kappa shape index (κ2) is 11.0. The van der Waals surface area contributed by atoms with Crippen LogP contribution in [-0.4, -0.2) is 51.1 Å². The second-order valence-electron chi connectivity index (χ2n) is 7.48. The number of nitrogens with one attached hydrogen (secondary N) is 2. The molecule has 1 amide bonds. The average molecular weight is 443 g/mol. The van der Waals surface area contributed by atoms with Gasteiger partial charge >= 0.3 is 0 Å². The van der Waals surface area contributed by atoms with E-state index in [9.17, 15) is 4.79 Å². The summed E-state index contributed by atoms with van der Waals surface area (Å²) in [7, 11) is 1.62. The van der Waals surface area contributed by atoms with Crippen LogP contribution in [0.2, 0.25) is 0 Å². The molecular formula is C22H30N6O2S. The summed E-state index contributed by atoms with van der Waals surface area (Å²) in [6.07, 6.45) is 3.16. The summed E-state index contributed by atoms with van der Waals surface area (Å²) in [5.41, 5.74) is 1.72. The van der Waals surface area contributed by atoms with Crippen molar-refractivity contribution in [1.29, 1.82) is 0 Å². The lowest BCUT2D eigenvalue weighted by Gasteiger charge is -2.12. The average Bonchev–Trinajstić information content (AvgIpc) is 3.15. The fourth-order valence-electron chi connectivity index (χ4n) is 3.03. The Hall–Kier alpha value is -2.81. The van der Waals surface area contributed by atoms with Crippen molar-refractivity contribution >= 4 is 34.5 Å². The number of anilines is 1. The molecule has 0 aliphatic rings. The third-order valence-corrected chi connectivity index (χ3v) is 5.56. The number of fused-ring (bicyclic) bond motifs is 1. The predicted octanol–water partition coefficient (Wildman–Crippen LogP) is 3.52. The lowest BCUT2D eigenvalue weighted by atomic mass is 10.1. The van der Waals surface area contributed by atoms with Crippen LogP contribution in [0.4, 0.5) is 5.82 Å². The molecule has 0 fully saturated rings. The molecule has 2 heterocycles. The fourth-order valence-corrected chi connectivity index (χ4v) is 3.73. The van der Waals surface area contributed by atoms with Gasteiger partial charge in [-0.25, -0.2) is 14.6 Å². The van der Waals surface area contributed by atoms with Crippen molar-refractivity contribution < 1.29 is 9.53 Å². The largest absolute Gasteiger partial charge is 0.497 e. The highest BCUT2D eigenvalue weighted by Crippen LogP contribution is 2.25. The molecule has 0 saturated carbocycles. The number of amides is 1. The van der Waals surface area contributed by atoms with Gasteiger partial charge in [0.2, 0.25) is 5.91 Å². The van der Waals surface area contributed by atoms with Crippen LogP contribution in [0, 0.1) is 0 Å². The van der Waals surface area contributed by atoms with E-state index in [1.54, 1.807) is 25.1 Å². The number of aromatic nitrogens is 4. The summed E-state index contributed by atoms with van der Waals surface area (Å²) >= 11 is 1.64. The third-order valence-electron chi connectivity index (χ3n) is 4.51. The Balaban J connectivity index is 1.65. The summed E-state index contributed by atoms with van der Waals surface area (Å²) in [6, 6.07) is 7.76. The van der Waals surface area contributed by atoms with Gasteiger partial charge in [-0.15, -0.1) is 0 Å². The zero-order valence-corrected chi connectivity index (χ0v) is 19.3. The van der Waals surface area contributed by atoms with Gasteiger partial charge in [0.15, 0.2) is 10.8 Å². The number of methoxy groups -OCH3 is 1. The van der Waals surface area contributed by atoms with Crippen molar-refractivity contribution in [3.05, 3.63) is 36.0 Å². The normalized spacial score (nSPS) is 11.1. The van der Waals surface area contributed by atoms with Crippen LogP contribution in [0.15, 0.2) is 35.6 Å². The highest BCUT2D eigenvalue weighted by Gasteiger charge is 2.14. The Morgan fingerprint density at radius 1 is 1.23 bits per heavy atom. The number of carbonyl (C=O) groups excluding carboxylic acids is 1. The molecule has 0 saturated heterocycles. The van der Waals surface area contributed by atoms with E-state index in [4.69, 9.17) is 9.72 Å². The van der Waals surface area contributed by atoms with E-state index >= 15 is 0 Å². The lowest BCUT2D eigenvalue weighted by molar-refractivity contribution is -0.120. The van der Waals surface area contributed by atoms with Crippen LogP contribution in [0.3, 0.4) is 0 Å². The van der Waals surface area contributed by atoms with Crippen molar-refractivity contribution in [2.24, 2.45) is 0 Å². The van der Waals surface area contributed by atoms with Gasteiger partial charge in [0, 0.05) is 18.3 Å². The van der Waals surface area contributed by atoms with Crippen LogP contribution in [0.5, 0.6) is 5.75 Å². The zero-order valence-electron chi connectivity index (χ0n) is 18.5. The summed E-state index contributed by atoms with van der Waals surface area (Å²) < 4.78 is 6.97. The Labute approximate surface area is 187 Å². The minimum atomic E-state index is -0.0300. The monoisotopic (exact) mass is 442 g/mol. The van der Waals surface area contributed by atoms with E-state index in [-0.39, 0.29) is 11.9 Å². The van der Waals surface area contributed by atoms with Crippen molar-refractivity contribution in [2.45, 2.75) is 51.4 Å². The molecule has 0 atom stereocenters. The number of benzene rings is 1. The summed E-state index contributed by atoms with van der Waals surface area (Å²) in [5.74, 6) is 2.51. The first-order chi connectivity index (χ1) is 15.0. The molecule has 2 N–H and O–H groups in total. The summed E-state index contributed by atoms with van der Waals surface area (Å²) in [5, 5.41) is 12.5. The first-order valence-electron chi connectivity index (χ1n) is 10.5. The highest BCUT2D eigenvalue weighted by atomic mass is 32.2. The maximum atomic E-state index is 12.3. The Bertz CT molecular complexity index is 1000. The van der Waals surface area contributed by atoms with Gasteiger partial charge in [0.05, 0.1) is 31.7 Å². The molecule has 9 heteroatoms. The van der Waals surface area contributed by atoms with E-state index in [2.05, 4.69) is 41.5 Å². The first kappa shape index (κ1) is 22.9. The van der Waals surface area contributed by atoms with Gasteiger partial charge in [0.25, 0.3) is 0 Å². The van der Waals surface area contributed by atoms with E-state index in [1.807, 2.05) is 28.9 Å². The number of thioether (sulfide) groups is 1. The Morgan fingerprint density at radius 2 is 2.00 bits per heavy atom. The maximum Gasteiger partial charge on any atom is 0.224 e. The minimum absolute atomic E-state index is 0.0300. The standard InChI is InChI=1S/C22H30N6O2S/c1-5-12-31-22-26-20(25-15(2)3)18-14-24-28(21(18)27-22)11-10-23-19(29)13-16-6-8-17(30-4)9-7-16/h6-9,14-15H,5,10-13H2,1-4H3,(H,23,29)(H,25,26,27). The van der Waals surface area contributed by atoms with Crippen LogP contribution >= 0.6 is 11.8 Å². The van der Waals surface area contributed by atoms with Gasteiger partial charge < -0.3 is 15.4 Å². The van der Waals surface area contributed by atoms with Gasteiger partial charge in [-0.1, -0.05) is 30.8 Å². The molecule has 0 bridgehead atoms. The first-order valence-corrected chi connectivity index (χ1v) is 11.5. The lowest BCUT2D eigenvalue weighted by Crippen LogP contribution is -2.28. The number of hydrogen-bond acceptors (Lipinski definition) is 7. The number of carbonyl (C=O) groups is 1. The second-order valence-corrected chi connectivity index (χ2v) is 8.54. The number of rotatable bonds is 11. The van der Waals surface area contributed by atoms with Crippen molar-refractivity contribution in [3.8, 4) is 5.75 Å². The fraction of sp³-hybridized carbons (Fsp3) is 0.455. The molecule has 1 aromatic carbocycles. The Kier molecular flexibility index (Phi) is 8.11. The molecule has 8 nitrogen and oxygen atoms in total. The number of nitrogens with zero attached hydrogens (tertiary/aromatic N) is 4. The molecular weight excluding hydrogens is 412 g/mol. The third kappa shape index (κ3) is 6.33. The smallest absolute Gasteiger partial charge is 0.224 e. The van der Waals surface area contributed by atoms with Crippen LogP contribution in [0.25, 0.3) is 11.0 Å². The minimum Gasteiger partial charge on any atom is -0.497 e. The van der Waals surface area contributed by atoms with Crippen molar-refractivity contribution in [2.75, 3.05) is 24.7 Å². The molecule has 0 aliphatic heterocycles. The quantitative estimate of drug-likeness (QED) is 0.347. The van der Waals surface area contributed by atoms with Crippen LogP contribution < -0.4 is 15.4 Å². The van der Waals surface area contributed by atoms with E-state index in [0.717, 1.165) is 45.5 Å². The van der Waals surface area contributed by atoms with Gasteiger partial charge in [0.1, 0.15) is 11.6 Å². The summed E-state index contributed by atoms with van der Waals surface area (Å²) in [6.45, 7) is 7.30. The van der Waals surface area contributed by atoms with Gasteiger partial charge in [-0.3, -0.25) is 4.79 Å². The van der Waals surface area contributed by atoms with Crippen LogP contribution in [-0.2, 0) is 17.8 Å². The molecule has 0 aliphatic carbocycles. The summed E-state index contributed by atoms with van der Waals surface area (Å²) in [4.78, 5) is 21.7. The molecule has 3 aromatic rings. The van der Waals surface area contributed by atoms with Gasteiger partial charge in [-0.2, -0.15) is 5.10 Å². The van der Waals surface area contributed by atoms with Gasteiger partial charge in [-0.05, 0) is 38.0 Å². The van der Waals surface area contributed by atoms with Crippen molar-refractivity contribution in [1.82, 2.24) is 25.1 Å². The van der Waals surface area contributed by atoms with E-state index < -0.39 is 0 Å². The molecule has 31 heavy (non-hydrogen) atoms. The molecule has 0 radical (unpaired) electrons. The maximum absolute atomic E-state index is 12.3. The number of hydrogen-bond donors (Lipinski definition) is 2. The molecule has 0 spiro atoms. The van der Waals surface area contributed by atoms with Crippen LogP contribution in [0.1, 0.15) is 32.8 Å². The van der Waals surface area contributed by atoms with E-state index in [0.29, 0.717) is 19.5 Å². The predicted molar refractivity (Wildman–Crippen MR) is 125 cm³/mol. The molecule has 166 valence electrons. The molecule has 3 rings (SSSR count). The Morgan fingerprint density at radius 3 is 2.68 bits per heavy atom. The molecule has 0 unspecified atom stereocenters. The zero-order chi connectivity index (χ0) is 22.2. The van der Waals surface area contributed by atoms with E-state index in [1.165, 1.54) is 0 Å². The topological polar surface area (TPSA) is 94.0 Å². The van der Waals surface area contributed by atoms with Crippen molar-refractivity contribution in [3.63, 3.8) is 0 Å². The highest BCUT2D eigenvalue weighted by molar-refractivity contribution is 7.99. The molecule has 2 aromatic heterocycles. The number of ether oxygens (including phenoxy) is 1. The SMILES string of the molecule is CCCSc1nc(NC(C)C)c2cnn(CCNC(=O)Cc3ccc(OC)cc3)c2n1.